The van der Waals surface area contributed by atoms with Gasteiger partial charge in [0.2, 0.25) is 5.91 Å². The Morgan fingerprint density at radius 2 is 2.24 bits per heavy atom. The van der Waals surface area contributed by atoms with Crippen molar-refractivity contribution in [2.24, 2.45) is 7.05 Å². The molecule has 0 saturated heterocycles. The Labute approximate surface area is 108 Å². The monoisotopic (exact) mass is 302 g/mol. The molecule has 0 unspecified atom stereocenters. The Hall–Kier alpha value is -1.37. The van der Waals surface area contributed by atoms with Crippen molar-refractivity contribution in [1.29, 1.82) is 0 Å². The van der Waals surface area contributed by atoms with Crippen LogP contribution in [0.4, 0.5) is 5.69 Å². The zero-order chi connectivity index (χ0) is 13.0. The molecule has 0 bridgehead atoms. The van der Waals surface area contributed by atoms with Gasteiger partial charge >= 0.3 is 0 Å². The van der Waals surface area contributed by atoms with Gasteiger partial charge in [-0.05, 0) is 15.9 Å². The van der Waals surface area contributed by atoms with E-state index in [1.165, 1.54) is 9.58 Å². The van der Waals surface area contributed by atoms with Gasteiger partial charge in [-0.15, -0.1) is 0 Å². The molecule has 0 aromatic carbocycles. The van der Waals surface area contributed by atoms with Crippen molar-refractivity contribution in [3.63, 3.8) is 0 Å². The smallest absolute Gasteiger partial charge is 0.282 e. The fourth-order valence-electron chi connectivity index (χ4n) is 1.16. The van der Waals surface area contributed by atoms with Gasteiger partial charge in [0, 0.05) is 34.1 Å². The molecule has 0 aliphatic carbocycles. The molecule has 7 heteroatoms. The Morgan fingerprint density at radius 3 is 2.82 bits per heavy atom. The summed E-state index contributed by atoms with van der Waals surface area (Å²) in [5.41, 5.74) is 0.383. The first-order valence-corrected chi connectivity index (χ1v) is 5.88. The fraction of sp³-hybridized carbons (Fsp3) is 0.500. The van der Waals surface area contributed by atoms with Gasteiger partial charge in [0.25, 0.3) is 5.56 Å². The summed E-state index contributed by atoms with van der Waals surface area (Å²) >= 11 is 3.20. The topological polar surface area (TPSA) is 67.2 Å². The maximum atomic E-state index is 11.5. The van der Waals surface area contributed by atoms with E-state index >= 15 is 0 Å². The maximum Gasteiger partial charge on any atom is 0.282 e. The van der Waals surface area contributed by atoms with Gasteiger partial charge in [-0.1, -0.05) is 0 Å². The van der Waals surface area contributed by atoms with Crippen molar-refractivity contribution in [3.8, 4) is 0 Å². The van der Waals surface area contributed by atoms with E-state index in [0.717, 1.165) is 0 Å². The standard InChI is InChI=1S/C10H15BrN4O2/c1-14(2)8(16)4-5-12-7-6-13-15(3)10(17)9(7)11/h6,12H,4-5H2,1-3H3. The summed E-state index contributed by atoms with van der Waals surface area (Å²) in [7, 11) is 4.99. The van der Waals surface area contributed by atoms with Crippen LogP contribution >= 0.6 is 15.9 Å². The number of rotatable bonds is 4. The minimum absolute atomic E-state index is 0.0328. The van der Waals surface area contributed by atoms with E-state index in [2.05, 4.69) is 26.3 Å². The molecule has 94 valence electrons. The molecule has 1 N–H and O–H groups in total. The molecular weight excluding hydrogens is 288 g/mol. The number of nitrogens with one attached hydrogen (secondary N) is 1. The third-order valence-corrected chi connectivity index (χ3v) is 3.00. The highest BCUT2D eigenvalue weighted by Gasteiger charge is 2.07. The average Bonchev–Trinajstić information content (AvgIpc) is 2.28. The number of anilines is 1. The van der Waals surface area contributed by atoms with Crippen LogP contribution in [0.3, 0.4) is 0 Å². The number of amides is 1. The third-order valence-electron chi connectivity index (χ3n) is 2.23. The largest absolute Gasteiger partial charge is 0.382 e. The number of carbonyl (C=O) groups excluding carboxylic acids is 1. The molecule has 1 rings (SSSR count). The van der Waals surface area contributed by atoms with Crippen LogP contribution < -0.4 is 10.9 Å². The molecule has 0 aliphatic rings. The molecule has 0 spiro atoms. The highest BCUT2D eigenvalue weighted by atomic mass is 79.9. The average molecular weight is 303 g/mol. The van der Waals surface area contributed by atoms with E-state index in [4.69, 9.17) is 0 Å². The van der Waals surface area contributed by atoms with Gasteiger partial charge < -0.3 is 10.2 Å². The molecule has 1 heterocycles. The molecule has 0 saturated carbocycles. The second-order valence-corrected chi connectivity index (χ2v) is 4.56. The predicted molar refractivity (Wildman–Crippen MR) is 69.0 cm³/mol. The van der Waals surface area contributed by atoms with Gasteiger partial charge in [0.05, 0.1) is 11.9 Å². The first-order chi connectivity index (χ1) is 7.93. The lowest BCUT2D eigenvalue weighted by atomic mass is 10.3. The summed E-state index contributed by atoms with van der Waals surface area (Å²) in [5.74, 6) is 0.0328. The summed E-state index contributed by atoms with van der Waals surface area (Å²) in [6.45, 7) is 0.463. The molecular formula is C10H15BrN4O2. The normalized spacial score (nSPS) is 10.1. The molecule has 1 aromatic heterocycles. The van der Waals surface area contributed by atoms with Crippen LogP contribution in [0, 0.1) is 0 Å². The molecule has 0 radical (unpaired) electrons. The van der Waals surface area contributed by atoms with E-state index < -0.39 is 0 Å². The van der Waals surface area contributed by atoms with Crippen LogP contribution in [-0.4, -0.2) is 41.2 Å². The quantitative estimate of drug-likeness (QED) is 0.876. The lowest BCUT2D eigenvalue weighted by Gasteiger charge is -2.11. The fourth-order valence-corrected chi connectivity index (χ4v) is 1.66. The van der Waals surface area contributed by atoms with Crippen LogP contribution in [-0.2, 0) is 11.8 Å². The Bertz CT molecular complexity index is 470. The Kier molecular flexibility index (Phi) is 4.68. The zero-order valence-electron chi connectivity index (χ0n) is 10.0. The number of hydrogen-bond donors (Lipinski definition) is 1. The molecule has 0 aliphatic heterocycles. The van der Waals surface area contributed by atoms with Crippen LogP contribution in [0.15, 0.2) is 15.5 Å². The first-order valence-electron chi connectivity index (χ1n) is 5.09. The molecule has 0 atom stereocenters. The molecule has 17 heavy (non-hydrogen) atoms. The van der Waals surface area contributed by atoms with E-state index in [-0.39, 0.29) is 11.5 Å². The summed E-state index contributed by atoms with van der Waals surface area (Å²) in [6, 6.07) is 0. The van der Waals surface area contributed by atoms with Crippen molar-refractivity contribution in [2.45, 2.75) is 6.42 Å². The number of nitrogens with zero attached hydrogens (tertiary/aromatic N) is 3. The third kappa shape index (κ3) is 3.55. The highest BCUT2D eigenvalue weighted by Crippen LogP contribution is 2.15. The summed E-state index contributed by atoms with van der Waals surface area (Å²) in [5, 5.41) is 6.89. The maximum absolute atomic E-state index is 11.5. The first kappa shape index (κ1) is 13.7. The van der Waals surface area contributed by atoms with E-state index in [0.29, 0.717) is 23.1 Å². The van der Waals surface area contributed by atoms with Crippen LogP contribution in [0.2, 0.25) is 0 Å². The lowest BCUT2D eigenvalue weighted by molar-refractivity contribution is -0.128. The minimum Gasteiger partial charge on any atom is -0.382 e. The number of aromatic nitrogens is 2. The summed E-state index contributed by atoms with van der Waals surface area (Å²) < 4.78 is 1.66. The van der Waals surface area contributed by atoms with Crippen molar-refractivity contribution >= 4 is 27.5 Å². The second kappa shape index (κ2) is 5.81. The van der Waals surface area contributed by atoms with Crippen molar-refractivity contribution in [3.05, 3.63) is 21.0 Å². The molecule has 1 aromatic rings. The van der Waals surface area contributed by atoms with Gasteiger partial charge in [-0.25, -0.2) is 4.68 Å². The van der Waals surface area contributed by atoms with E-state index in [1.54, 1.807) is 27.3 Å². The van der Waals surface area contributed by atoms with Gasteiger partial charge in [0.15, 0.2) is 0 Å². The number of hydrogen-bond acceptors (Lipinski definition) is 4. The van der Waals surface area contributed by atoms with Crippen LogP contribution in [0.1, 0.15) is 6.42 Å². The Balaban J connectivity index is 2.62. The number of halogens is 1. The SMILES string of the molecule is CN(C)C(=O)CCNc1cnn(C)c(=O)c1Br. The summed E-state index contributed by atoms with van der Waals surface area (Å²) in [4.78, 5) is 24.4. The molecule has 0 fully saturated rings. The highest BCUT2D eigenvalue weighted by molar-refractivity contribution is 9.10. The number of aryl methyl sites for hydroxylation is 1. The summed E-state index contributed by atoms with van der Waals surface area (Å²) in [6.07, 6.45) is 1.92. The van der Waals surface area contributed by atoms with E-state index in [1.807, 2.05) is 0 Å². The van der Waals surface area contributed by atoms with Crippen LogP contribution in [0.25, 0.3) is 0 Å². The minimum atomic E-state index is -0.214. The van der Waals surface area contributed by atoms with Crippen molar-refractivity contribution < 1.29 is 4.79 Å². The van der Waals surface area contributed by atoms with Gasteiger partial charge in [-0.3, -0.25) is 9.59 Å². The predicted octanol–water partition coefficient (Wildman–Crippen LogP) is 0.433. The van der Waals surface area contributed by atoms with Crippen molar-refractivity contribution in [1.82, 2.24) is 14.7 Å². The number of carbonyl (C=O) groups is 1. The molecule has 6 nitrogen and oxygen atoms in total. The van der Waals surface area contributed by atoms with Gasteiger partial charge in [-0.2, -0.15) is 5.10 Å². The lowest BCUT2D eigenvalue weighted by Crippen LogP contribution is -2.25. The molecule has 1 amide bonds. The Morgan fingerprint density at radius 1 is 1.59 bits per heavy atom. The van der Waals surface area contributed by atoms with Crippen LogP contribution in [0.5, 0.6) is 0 Å². The van der Waals surface area contributed by atoms with Crippen molar-refractivity contribution in [2.75, 3.05) is 26.0 Å². The van der Waals surface area contributed by atoms with Gasteiger partial charge in [0.1, 0.15) is 4.47 Å². The second-order valence-electron chi connectivity index (χ2n) is 3.77. The zero-order valence-corrected chi connectivity index (χ0v) is 11.6. The van der Waals surface area contributed by atoms with E-state index in [9.17, 15) is 9.59 Å².